The van der Waals surface area contributed by atoms with Crippen LogP contribution in [0.15, 0.2) is 90.2 Å². The molecule has 37 heavy (non-hydrogen) atoms. The highest BCUT2D eigenvalue weighted by molar-refractivity contribution is 7.17. The molecule has 1 aromatic heterocycles. The second kappa shape index (κ2) is 10.0. The molecule has 3 aromatic carbocycles. The van der Waals surface area contributed by atoms with E-state index in [4.69, 9.17) is 4.74 Å². The molecule has 0 saturated carbocycles. The fourth-order valence-electron chi connectivity index (χ4n) is 4.53. The lowest BCUT2D eigenvalue weighted by Crippen LogP contribution is -2.31. The van der Waals surface area contributed by atoms with E-state index in [0.717, 1.165) is 17.5 Å². The Labute approximate surface area is 219 Å². The molecule has 1 amide bonds. The first-order chi connectivity index (χ1) is 17.9. The number of benzene rings is 3. The first-order valence-electron chi connectivity index (χ1n) is 12.0. The summed E-state index contributed by atoms with van der Waals surface area (Å²) in [6.45, 7) is 3.83. The highest BCUT2D eigenvalue weighted by atomic mass is 32.1. The van der Waals surface area contributed by atoms with Gasteiger partial charge >= 0.3 is 0 Å². The summed E-state index contributed by atoms with van der Waals surface area (Å²) in [6.07, 6.45) is 0.859. The number of nitrogens with zero attached hydrogens (tertiary/aromatic N) is 2. The second-order valence-corrected chi connectivity index (χ2v) is 9.76. The van der Waals surface area contributed by atoms with Crippen molar-refractivity contribution < 1.29 is 19.4 Å². The number of aromatic nitrogens is 1. The van der Waals surface area contributed by atoms with Crippen LogP contribution in [-0.4, -0.2) is 28.9 Å². The predicted octanol–water partition coefficient (Wildman–Crippen LogP) is 6.47. The summed E-state index contributed by atoms with van der Waals surface area (Å²) in [4.78, 5) is 34.0. The number of rotatable bonds is 7. The van der Waals surface area contributed by atoms with Crippen molar-refractivity contribution in [1.82, 2.24) is 4.98 Å². The Balaban J connectivity index is 1.61. The number of methoxy groups -OCH3 is 1. The molecule has 5 rings (SSSR count). The molecule has 1 aliphatic heterocycles. The highest BCUT2D eigenvalue weighted by Gasteiger charge is 2.45. The molecule has 0 bridgehead atoms. The number of Topliss-reactive ketones (excluding diaryl/α,β-unsaturated/α-hetero) is 1. The highest BCUT2D eigenvalue weighted by Crippen LogP contribution is 2.43. The number of hydrogen-bond acceptors (Lipinski definition) is 6. The van der Waals surface area contributed by atoms with Crippen molar-refractivity contribution in [2.45, 2.75) is 26.3 Å². The molecular formula is C30H26N2O4S. The van der Waals surface area contributed by atoms with E-state index in [1.54, 1.807) is 26.2 Å². The summed E-state index contributed by atoms with van der Waals surface area (Å²) in [5.41, 5.74) is 3.91. The predicted molar refractivity (Wildman–Crippen MR) is 145 cm³/mol. The Kier molecular flexibility index (Phi) is 6.63. The number of ketones is 1. The summed E-state index contributed by atoms with van der Waals surface area (Å²) < 4.78 is 5.30. The van der Waals surface area contributed by atoms with Gasteiger partial charge in [0.05, 0.1) is 29.3 Å². The molecule has 6 nitrogen and oxygen atoms in total. The minimum Gasteiger partial charge on any atom is -0.503 e. The van der Waals surface area contributed by atoms with Gasteiger partial charge in [0.15, 0.2) is 5.76 Å². The van der Waals surface area contributed by atoms with Crippen molar-refractivity contribution in [1.29, 1.82) is 0 Å². The van der Waals surface area contributed by atoms with Crippen LogP contribution in [0.4, 0.5) is 5.69 Å². The fourth-order valence-corrected chi connectivity index (χ4v) is 5.56. The molecule has 0 aliphatic carbocycles. The first-order valence-corrected chi connectivity index (χ1v) is 12.8. The zero-order chi connectivity index (χ0) is 26.1. The third-order valence-corrected chi connectivity index (χ3v) is 7.74. The van der Waals surface area contributed by atoms with Gasteiger partial charge in [-0.3, -0.25) is 14.5 Å². The van der Waals surface area contributed by atoms with Crippen LogP contribution in [-0.2, 0) is 11.2 Å². The number of thiazole rings is 1. The SMILES string of the molecule is CCc1ccc(N2C(=O)C(O)=C(C(=O)c3sc(-c4ccccc4)nc3C)C2c2ccc(OC)cc2)cc1. The van der Waals surface area contributed by atoms with E-state index >= 15 is 0 Å². The van der Waals surface area contributed by atoms with Gasteiger partial charge in [0, 0.05) is 11.3 Å². The van der Waals surface area contributed by atoms with E-state index in [1.165, 1.54) is 16.2 Å². The van der Waals surface area contributed by atoms with E-state index in [0.29, 0.717) is 32.6 Å². The zero-order valence-corrected chi connectivity index (χ0v) is 21.6. The average Bonchev–Trinajstić information content (AvgIpc) is 3.46. The summed E-state index contributed by atoms with van der Waals surface area (Å²) in [5.74, 6) is -0.909. The van der Waals surface area contributed by atoms with Gasteiger partial charge in [-0.1, -0.05) is 61.5 Å². The molecule has 186 valence electrons. The Bertz CT molecular complexity index is 1490. The van der Waals surface area contributed by atoms with Crippen LogP contribution in [0.1, 0.15) is 39.5 Å². The Hall–Kier alpha value is -4.23. The van der Waals surface area contributed by atoms with Gasteiger partial charge in [-0.2, -0.15) is 0 Å². The van der Waals surface area contributed by atoms with Crippen molar-refractivity contribution in [2.75, 3.05) is 12.0 Å². The number of amides is 1. The van der Waals surface area contributed by atoms with Crippen molar-refractivity contribution in [3.05, 3.63) is 112 Å². The maximum atomic E-state index is 14.0. The number of ether oxygens (including phenoxy) is 1. The molecule has 0 fully saturated rings. The van der Waals surface area contributed by atoms with Crippen LogP contribution in [0.25, 0.3) is 10.6 Å². The molecule has 7 heteroatoms. The van der Waals surface area contributed by atoms with Crippen LogP contribution in [0.2, 0.25) is 0 Å². The van der Waals surface area contributed by atoms with Gasteiger partial charge in [0.25, 0.3) is 5.91 Å². The smallest absolute Gasteiger partial charge is 0.294 e. The van der Waals surface area contributed by atoms with Crippen LogP contribution < -0.4 is 9.64 Å². The molecule has 0 radical (unpaired) electrons. The van der Waals surface area contributed by atoms with E-state index < -0.39 is 23.5 Å². The number of aliphatic hydroxyl groups is 1. The summed E-state index contributed by atoms with van der Waals surface area (Å²) >= 11 is 1.26. The minimum absolute atomic E-state index is 0.0427. The number of aliphatic hydroxyl groups excluding tert-OH is 1. The van der Waals surface area contributed by atoms with Crippen molar-refractivity contribution in [2.24, 2.45) is 0 Å². The van der Waals surface area contributed by atoms with E-state index in [-0.39, 0.29) is 5.57 Å². The zero-order valence-electron chi connectivity index (χ0n) is 20.8. The summed E-state index contributed by atoms with van der Waals surface area (Å²) in [5, 5.41) is 11.8. The Morgan fingerprint density at radius 1 is 1.03 bits per heavy atom. The van der Waals surface area contributed by atoms with Gasteiger partial charge in [-0.25, -0.2) is 4.98 Å². The first kappa shape index (κ1) is 24.5. The molecular weight excluding hydrogens is 484 g/mol. The molecule has 1 aliphatic rings. The average molecular weight is 511 g/mol. The Morgan fingerprint density at radius 3 is 2.32 bits per heavy atom. The van der Waals surface area contributed by atoms with E-state index in [1.807, 2.05) is 66.7 Å². The van der Waals surface area contributed by atoms with Crippen LogP contribution in [0.5, 0.6) is 5.75 Å². The fraction of sp³-hybridized carbons (Fsp3) is 0.167. The second-order valence-electron chi connectivity index (χ2n) is 8.76. The maximum absolute atomic E-state index is 14.0. The molecule has 2 heterocycles. The molecule has 4 aromatic rings. The van der Waals surface area contributed by atoms with Gasteiger partial charge < -0.3 is 9.84 Å². The molecule has 1 unspecified atom stereocenters. The lowest BCUT2D eigenvalue weighted by atomic mass is 9.94. The van der Waals surface area contributed by atoms with E-state index in [2.05, 4.69) is 11.9 Å². The third kappa shape index (κ3) is 4.42. The minimum atomic E-state index is -0.806. The van der Waals surface area contributed by atoms with Crippen LogP contribution in [0.3, 0.4) is 0 Å². The number of aryl methyl sites for hydroxylation is 2. The van der Waals surface area contributed by atoms with Crippen molar-refractivity contribution in [3.63, 3.8) is 0 Å². The third-order valence-electron chi connectivity index (χ3n) is 6.53. The van der Waals surface area contributed by atoms with Gasteiger partial charge in [0.2, 0.25) is 5.78 Å². The normalized spacial score (nSPS) is 15.4. The number of anilines is 1. The van der Waals surface area contributed by atoms with Gasteiger partial charge in [-0.15, -0.1) is 11.3 Å². The standard InChI is InChI=1S/C30H26N2O4S/c1-4-19-10-14-22(15-11-19)32-25(20-12-16-23(36-3)17-13-20)24(27(34)30(32)35)26(33)28-18(2)31-29(37-28)21-8-6-5-7-9-21/h5-17,25,34H,4H2,1-3H3. The largest absolute Gasteiger partial charge is 0.503 e. The van der Waals surface area contributed by atoms with Gasteiger partial charge in [-0.05, 0) is 48.7 Å². The molecule has 1 atom stereocenters. The summed E-state index contributed by atoms with van der Waals surface area (Å²) in [7, 11) is 1.58. The summed E-state index contributed by atoms with van der Waals surface area (Å²) in [6, 6.07) is 23.6. The lowest BCUT2D eigenvalue weighted by molar-refractivity contribution is -0.117. The molecule has 0 saturated heterocycles. The lowest BCUT2D eigenvalue weighted by Gasteiger charge is -2.27. The number of hydrogen-bond donors (Lipinski definition) is 1. The topological polar surface area (TPSA) is 79.7 Å². The Morgan fingerprint density at radius 2 is 1.70 bits per heavy atom. The van der Waals surface area contributed by atoms with Crippen LogP contribution in [0, 0.1) is 6.92 Å². The maximum Gasteiger partial charge on any atom is 0.294 e. The quantitative estimate of drug-likeness (QED) is 0.288. The van der Waals surface area contributed by atoms with Crippen molar-refractivity contribution >= 4 is 28.7 Å². The molecule has 1 N–H and O–H groups in total. The van der Waals surface area contributed by atoms with Crippen molar-refractivity contribution in [3.8, 4) is 16.3 Å². The number of carbonyl (C=O) groups excluding carboxylic acids is 2. The molecule has 0 spiro atoms. The van der Waals surface area contributed by atoms with Gasteiger partial charge in [0.1, 0.15) is 10.8 Å². The monoisotopic (exact) mass is 510 g/mol. The van der Waals surface area contributed by atoms with Crippen LogP contribution >= 0.6 is 11.3 Å². The number of carbonyl (C=O) groups is 2. The van der Waals surface area contributed by atoms with E-state index in [9.17, 15) is 14.7 Å².